The predicted octanol–water partition coefficient (Wildman–Crippen LogP) is 8.53. The minimum Gasteiger partial charge on any atom is -0.544 e. The maximum Gasteiger partial charge on any atom is 0.242 e. The van der Waals surface area contributed by atoms with Gasteiger partial charge in [0.2, 0.25) is 8.32 Å². The second-order valence-electron chi connectivity index (χ2n) is 8.85. The van der Waals surface area contributed by atoms with E-state index in [9.17, 15) is 0 Å². The third-order valence-corrected chi connectivity index (χ3v) is 5.74. The van der Waals surface area contributed by atoms with Crippen LogP contribution in [-0.4, -0.2) is 8.32 Å². The van der Waals surface area contributed by atoms with Crippen molar-refractivity contribution in [2.75, 3.05) is 0 Å². The molecule has 26 heavy (non-hydrogen) atoms. The van der Waals surface area contributed by atoms with E-state index in [-0.39, 0.29) is 0 Å². The minimum atomic E-state index is -1.49. The maximum atomic E-state index is 6.10. The van der Waals surface area contributed by atoms with Crippen LogP contribution in [-0.2, 0) is 6.42 Å². The number of hydrogen-bond acceptors (Lipinski definition) is 1. The lowest BCUT2D eigenvalue weighted by Crippen LogP contribution is -2.29. The van der Waals surface area contributed by atoms with Crippen molar-refractivity contribution < 1.29 is 4.43 Å². The van der Waals surface area contributed by atoms with Crippen molar-refractivity contribution in [1.82, 2.24) is 0 Å². The highest BCUT2D eigenvalue weighted by Gasteiger charge is 2.16. The fraction of sp³-hybridized carbons (Fsp3) is 0.750. The summed E-state index contributed by atoms with van der Waals surface area (Å²) in [6.45, 7) is 9.02. The van der Waals surface area contributed by atoms with E-state index in [4.69, 9.17) is 4.43 Å². The van der Waals surface area contributed by atoms with E-state index in [2.05, 4.69) is 50.8 Å². The standard InChI is InChI=1S/C24H44OSi/c1-5-6-7-8-9-10-11-12-13-14-15-16-17-19-23-20-18-21-24(22-23)25-26(2,3)4/h18,20-22H,5-17,19H2,1-4H3. The zero-order valence-corrected chi connectivity index (χ0v) is 19.1. The molecule has 2 heteroatoms. The van der Waals surface area contributed by atoms with Crippen molar-refractivity contribution in [3.63, 3.8) is 0 Å². The molecule has 1 aromatic rings. The number of benzene rings is 1. The van der Waals surface area contributed by atoms with Crippen LogP contribution in [0.25, 0.3) is 0 Å². The number of hydrogen-bond donors (Lipinski definition) is 0. The molecule has 0 saturated carbocycles. The van der Waals surface area contributed by atoms with Gasteiger partial charge in [0.25, 0.3) is 0 Å². The number of rotatable bonds is 16. The molecule has 1 aromatic carbocycles. The maximum absolute atomic E-state index is 6.10. The fourth-order valence-corrected chi connectivity index (χ4v) is 4.30. The average molecular weight is 377 g/mol. The highest BCUT2D eigenvalue weighted by atomic mass is 28.4. The molecule has 0 amide bonds. The Morgan fingerprint density at radius 1 is 0.692 bits per heavy atom. The predicted molar refractivity (Wildman–Crippen MR) is 120 cm³/mol. The van der Waals surface area contributed by atoms with E-state index < -0.39 is 8.32 Å². The first-order valence-electron chi connectivity index (χ1n) is 11.3. The van der Waals surface area contributed by atoms with Crippen LogP contribution >= 0.6 is 0 Å². The average Bonchev–Trinajstić information content (AvgIpc) is 2.58. The monoisotopic (exact) mass is 376 g/mol. The number of aryl methyl sites for hydroxylation is 1. The van der Waals surface area contributed by atoms with Crippen LogP contribution in [0, 0.1) is 0 Å². The van der Waals surface area contributed by atoms with Crippen LogP contribution in [0.15, 0.2) is 24.3 Å². The molecule has 0 heterocycles. The van der Waals surface area contributed by atoms with Gasteiger partial charge in [-0.2, -0.15) is 0 Å². The van der Waals surface area contributed by atoms with Gasteiger partial charge in [0.1, 0.15) is 5.75 Å². The molecule has 1 nitrogen and oxygen atoms in total. The van der Waals surface area contributed by atoms with Crippen LogP contribution in [0.2, 0.25) is 19.6 Å². The second-order valence-corrected chi connectivity index (χ2v) is 13.3. The van der Waals surface area contributed by atoms with E-state index in [0.29, 0.717) is 0 Å². The topological polar surface area (TPSA) is 9.23 Å². The molecule has 0 spiro atoms. The molecule has 0 atom stereocenters. The van der Waals surface area contributed by atoms with Crippen LogP contribution in [0.1, 0.15) is 96.0 Å². The Morgan fingerprint density at radius 2 is 1.19 bits per heavy atom. The van der Waals surface area contributed by atoms with E-state index in [1.165, 1.54) is 95.5 Å². The summed E-state index contributed by atoms with van der Waals surface area (Å²) in [7, 11) is -1.49. The normalized spacial score (nSPS) is 11.7. The van der Waals surface area contributed by atoms with Crippen molar-refractivity contribution in [3.05, 3.63) is 29.8 Å². The van der Waals surface area contributed by atoms with Gasteiger partial charge in [0.15, 0.2) is 0 Å². The molecule has 1 rings (SSSR count). The Labute approximate surface area is 165 Å². The molecule has 0 fully saturated rings. The summed E-state index contributed by atoms with van der Waals surface area (Å²) < 4.78 is 6.10. The molecule has 0 aliphatic heterocycles. The molecule has 0 saturated heterocycles. The Bertz CT molecular complexity index is 450. The summed E-state index contributed by atoms with van der Waals surface area (Å²) in [5.74, 6) is 1.07. The first-order valence-corrected chi connectivity index (χ1v) is 14.7. The Kier molecular flexibility index (Phi) is 12.8. The summed E-state index contributed by atoms with van der Waals surface area (Å²) in [4.78, 5) is 0. The minimum absolute atomic E-state index is 1.07. The molecule has 0 N–H and O–H groups in total. The zero-order valence-electron chi connectivity index (χ0n) is 18.1. The molecular formula is C24H44OSi. The van der Waals surface area contributed by atoms with E-state index in [0.717, 1.165) is 5.75 Å². The van der Waals surface area contributed by atoms with Crippen LogP contribution in [0.4, 0.5) is 0 Å². The molecule has 0 unspecified atom stereocenters. The lowest BCUT2D eigenvalue weighted by atomic mass is 10.0. The Balaban J connectivity index is 1.97. The summed E-state index contributed by atoms with van der Waals surface area (Å²) in [6.07, 6.45) is 19.7. The van der Waals surface area contributed by atoms with E-state index in [1.807, 2.05) is 0 Å². The van der Waals surface area contributed by atoms with Crippen LogP contribution < -0.4 is 4.43 Å². The molecule has 0 aromatic heterocycles. The number of unbranched alkanes of at least 4 members (excludes halogenated alkanes) is 12. The van der Waals surface area contributed by atoms with E-state index in [1.54, 1.807) is 0 Å². The second kappa shape index (κ2) is 14.3. The molecule has 0 aliphatic rings. The summed E-state index contributed by atoms with van der Waals surface area (Å²) >= 11 is 0. The van der Waals surface area contributed by atoms with Crippen LogP contribution in [0.3, 0.4) is 0 Å². The first-order chi connectivity index (χ1) is 12.5. The van der Waals surface area contributed by atoms with Gasteiger partial charge in [-0.05, 0) is 50.2 Å². The van der Waals surface area contributed by atoms with Gasteiger partial charge in [-0.25, -0.2) is 0 Å². The van der Waals surface area contributed by atoms with Gasteiger partial charge >= 0.3 is 0 Å². The highest BCUT2D eigenvalue weighted by molar-refractivity contribution is 6.70. The zero-order chi connectivity index (χ0) is 19.1. The quantitative estimate of drug-likeness (QED) is 0.207. The third kappa shape index (κ3) is 13.4. The summed E-state index contributed by atoms with van der Waals surface area (Å²) in [5.41, 5.74) is 1.43. The van der Waals surface area contributed by atoms with Crippen molar-refractivity contribution in [3.8, 4) is 5.75 Å². The fourth-order valence-electron chi connectivity index (χ4n) is 3.46. The molecule has 0 radical (unpaired) electrons. The van der Waals surface area contributed by atoms with Gasteiger partial charge in [-0.15, -0.1) is 0 Å². The molecule has 0 bridgehead atoms. The van der Waals surface area contributed by atoms with Crippen molar-refractivity contribution in [2.24, 2.45) is 0 Å². The lowest BCUT2D eigenvalue weighted by molar-refractivity contribution is 0.538. The Morgan fingerprint density at radius 3 is 1.69 bits per heavy atom. The lowest BCUT2D eigenvalue weighted by Gasteiger charge is -2.19. The van der Waals surface area contributed by atoms with Crippen LogP contribution in [0.5, 0.6) is 5.75 Å². The van der Waals surface area contributed by atoms with Crippen molar-refractivity contribution in [1.29, 1.82) is 0 Å². The van der Waals surface area contributed by atoms with Crippen molar-refractivity contribution >= 4 is 8.32 Å². The largest absolute Gasteiger partial charge is 0.544 e. The van der Waals surface area contributed by atoms with Gasteiger partial charge < -0.3 is 4.43 Å². The van der Waals surface area contributed by atoms with Gasteiger partial charge in [-0.3, -0.25) is 0 Å². The van der Waals surface area contributed by atoms with Gasteiger partial charge in [0.05, 0.1) is 0 Å². The summed E-state index contributed by atoms with van der Waals surface area (Å²) in [6, 6.07) is 8.75. The SMILES string of the molecule is CCCCCCCCCCCCCCCc1cccc(O[Si](C)(C)C)c1. The molecule has 150 valence electrons. The highest BCUT2D eigenvalue weighted by Crippen LogP contribution is 2.19. The molecular weight excluding hydrogens is 332 g/mol. The van der Waals surface area contributed by atoms with Crippen molar-refractivity contribution in [2.45, 2.75) is 116 Å². The van der Waals surface area contributed by atoms with Gasteiger partial charge in [-0.1, -0.05) is 96.1 Å². The van der Waals surface area contributed by atoms with Gasteiger partial charge in [0, 0.05) is 0 Å². The molecule has 0 aliphatic carbocycles. The first kappa shape index (κ1) is 23.3. The third-order valence-electron chi connectivity index (χ3n) is 4.89. The Hall–Kier alpha value is -0.763. The summed E-state index contributed by atoms with van der Waals surface area (Å²) in [5, 5.41) is 0. The smallest absolute Gasteiger partial charge is 0.242 e. The van der Waals surface area contributed by atoms with E-state index >= 15 is 0 Å².